The second kappa shape index (κ2) is 10.5. The third-order valence-corrected chi connectivity index (χ3v) is 6.53. The van der Waals surface area contributed by atoms with Gasteiger partial charge in [0.05, 0.1) is 11.9 Å². The van der Waals surface area contributed by atoms with Crippen LogP contribution in [0.2, 0.25) is 5.02 Å². The van der Waals surface area contributed by atoms with Crippen LogP contribution in [0.15, 0.2) is 66.0 Å². The van der Waals surface area contributed by atoms with Gasteiger partial charge in [0.25, 0.3) is 5.91 Å². The minimum atomic E-state index is -0.0527. The molecular formula is C25H23ClN6O2S. The lowest BCUT2D eigenvalue weighted by atomic mass is 10.1. The minimum Gasteiger partial charge on any atom is -0.484 e. The number of hydrogen-bond donors (Lipinski definition) is 0. The molecule has 0 spiro atoms. The van der Waals surface area contributed by atoms with E-state index in [1.54, 1.807) is 30.5 Å². The SMILES string of the molecule is CSc1nc(N2CCN(C(=O)COc3ccc(Cl)cc3)CC2)c2nc(-c3ccccc3)cnc2n1. The van der Waals surface area contributed by atoms with Crippen LogP contribution in [-0.2, 0) is 4.79 Å². The molecule has 1 aliphatic heterocycles. The highest BCUT2D eigenvalue weighted by Gasteiger charge is 2.25. The van der Waals surface area contributed by atoms with Gasteiger partial charge in [-0.05, 0) is 30.5 Å². The summed E-state index contributed by atoms with van der Waals surface area (Å²) in [5.41, 5.74) is 2.98. The van der Waals surface area contributed by atoms with Crippen molar-refractivity contribution < 1.29 is 9.53 Å². The van der Waals surface area contributed by atoms with Crippen LogP contribution in [0.3, 0.4) is 0 Å². The van der Waals surface area contributed by atoms with E-state index in [0.29, 0.717) is 53.3 Å². The Balaban J connectivity index is 1.32. The highest BCUT2D eigenvalue weighted by molar-refractivity contribution is 7.98. The van der Waals surface area contributed by atoms with Crippen molar-refractivity contribution in [2.24, 2.45) is 0 Å². The van der Waals surface area contributed by atoms with E-state index in [0.717, 1.165) is 17.1 Å². The number of amides is 1. The van der Waals surface area contributed by atoms with Gasteiger partial charge in [-0.15, -0.1) is 0 Å². The van der Waals surface area contributed by atoms with Crippen molar-refractivity contribution in [3.05, 3.63) is 65.8 Å². The molecule has 1 fully saturated rings. The van der Waals surface area contributed by atoms with Gasteiger partial charge in [0, 0.05) is 36.8 Å². The Morgan fingerprint density at radius 3 is 2.46 bits per heavy atom. The molecule has 3 heterocycles. The summed E-state index contributed by atoms with van der Waals surface area (Å²) in [5.74, 6) is 1.31. The van der Waals surface area contributed by atoms with Crippen LogP contribution in [0.5, 0.6) is 5.75 Å². The first-order valence-electron chi connectivity index (χ1n) is 11.2. The van der Waals surface area contributed by atoms with Gasteiger partial charge >= 0.3 is 0 Å². The summed E-state index contributed by atoms with van der Waals surface area (Å²) < 4.78 is 5.63. The number of ether oxygens (including phenoxy) is 1. The highest BCUT2D eigenvalue weighted by atomic mass is 35.5. The van der Waals surface area contributed by atoms with Crippen LogP contribution in [-0.4, -0.2) is 69.8 Å². The molecule has 0 radical (unpaired) electrons. The minimum absolute atomic E-state index is 0.0133. The van der Waals surface area contributed by atoms with E-state index in [-0.39, 0.29) is 12.5 Å². The second-order valence-corrected chi connectivity index (χ2v) is 9.15. The summed E-state index contributed by atoms with van der Waals surface area (Å²) in [6, 6.07) is 16.9. The summed E-state index contributed by atoms with van der Waals surface area (Å²) in [5, 5.41) is 1.27. The van der Waals surface area contributed by atoms with Gasteiger partial charge in [-0.1, -0.05) is 53.7 Å². The fourth-order valence-corrected chi connectivity index (χ4v) is 4.35. The predicted molar refractivity (Wildman–Crippen MR) is 138 cm³/mol. The van der Waals surface area contributed by atoms with Crippen LogP contribution in [0.4, 0.5) is 5.82 Å². The van der Waals surface area contributed by atoms with Crippen LogP contribution in [0, 0.1) is 0 Å². The zero-order valence-corrected chi connectivity index (χ0v) is 20.7. The maximum absolute atomic E-state index is 12.7. The van der Waals surface area contributed by atoms with E-state index in [1.165, 1.54) is 11.8 Å². The molecule has 0 atom stereocenters. The van der Waals surface area contributed by atoms with Gasteiger partial charge in [-0.25, -0.2) is 19.9 Å². The van der Waals surface area contributed by atoms with Crippen molar-refractivity contribution in [2.45, 2.75) is 5.16 Å². The normalized spacial score (nSPS) is 13.8. The van der Waals surface area contributed by atoms with E-state index < -0.39 is 0 Å². The molecule has 10 heteroatoms. The first kappa shape index (κ1) is 23.3. The predicted octanol–water partition coefficient (Wildman–Crippen LogP) is 4.19. The molecule has 35 heavy (non-hydrogen) atoms. The summed E-state index contributed by atoms with van der Waals surface area (Å²) in [4.78, 5) is 35.4. The van der Waals surface area contributed by atoms with Gasteiger partial charge < -0.3 is 14.5 Å². The number of anilines is 1. The van der Waals surface area contributed by atoms with Crippen molar-refractivity contribution in [2.75, 3.05) is 43.9 Å². The molecule has 1 saturated heterocycles. The van der Waals surface area contributed by atoms with Gasteiger partial charge in [0.15, 0.2) is 28.7 Å². The topological polar surface area (TPSA) is 84.3 Å². The number of benzene rings is 2. The smallest absolute Gasteiger partial charge is 0.260 e. The fourth-order valence-electron chi connectivity index (χ4n) is 3.87. The molecule has 8 nitrogen and oxygen atoms in total. The Morgan fingerprint density at radius 1 is 1.00 bits per heavy atom. The maximum atomic E-state index is 12.7. The van der Waals surface area contributed by atoms with E-state index in [9.17, 15) is 4.79 Å². The summed E-state index contributed by atoms with van der Waals surface area (Å²) in [6.45, 7) is 2.37. The van der Waals surface area contributed by atoms with Gasteiger partial charge in [0.1, 0.15) is 5.75 Å². The third-order valence-electron chi connectivity index (χ3n) is 5.73. The number of nitrogens with zero attached hydrogens (tertiary/aromatic N) is 6. The van der Waals surface area contributed by atoms with Gasteiger partial charge in [0.2, 0.25) is 0 Å². The lowest BCUT2D eigenvalue weighted by Crippen LogP contribution is -2.50. The van der Waals surface area contributed by atoms with E-state index in [2.05, 4.69) is 14.9 Å². The summed E-state index contributed by atoms with van der Waals surface area (Å²) >= 11 is 7.37. The zero-order chi connectivity index (χ0) is 24.2. The Kier molecular flexibility index (Phi) is 6.96. The molecular weight excluding hydrogens is 484 g/mol. The molecule has 4 aromatic rings. The number of carbonyl (C=O) groups is 1. The number of thioether (sulfide) groups is 1. The number of fused-ring (bicyclic) bond motifs is 1. The van der Waals surface area contributed by atoms with Crippen LogP contribution in [0.25, 0.3) is 22.4 Å². The summed E-state index contributed by atoms with van der Waals surface area (Å²) in [6.07, 6.45) is 3.68. The monoisotopic (exact) mass is 506 g/mol. The van der Waals surface area contributed by atoms with Gasteiger partial charge in [-0.3, -0.25) is 4.79 Å². The van der Waals surface area contributed by atoms with E-state index in [4.69, 9.17) is 26.3 Å². The number of hydrogen-bond acceptors (Lipinski definition) is 8. The molecule has 5 rings (SSSR count). The van der Waals surface area contributed by atoms with Crippen LogP contribution in [0.1, 0.15) is 0 Å². The molecule has 1 aliphatic rings. The quantitative estimate of drug-likeness (QED) is 0.284. The molecule has 1 amide bonds. The molecule has 0 N–H and O–H groups in total. The first-order valence-corrected chi connectivity index (χ1v) is 12.8. The van der Waals surface area contributed by atoms with Crippen molar-refractivity contribution in [3.8, 4) is 17.0 Å². The Bertz CT molecular complexity index is 1330. The molecule has 2 aromatic carbocycles. The number of aromatic nitrogens is 4. The standard InChI is InChI=1S/C25H23ClN6O2S/c1-35-25-29-23-22(28-20(15-27-23)17-5-3-2-4-6-17)24(30-25)32-13-11-31(12-14-32)21(33)16-34-19-9-7-18(26)8-10-19/h2-10,15H,11-14,16H2,1H3. The van der Waals surface area contributed by atoms with Crippen LogP contribution >= 0.6 is 23.4 Å². The molecule has 0 aliphatic carbocycles. The molecule has 2 aromatic heterocycles. The molecule has 0 saturated carbocycles. The highest BCUT2D eigenvalue weighted by Crippen LogP contribution is 2.27. The van der Waals surface area contributed by atoms with Crippen molar-refractivity contribution in [1.82, 2.24) is 24.8 Å². The van der Waals surface area contributed by atoms with E-state index in [1.807, 2.05) is 41.5 Å². The lowest BCUT2D eigenvalue weighted by Gasteiger charge is -2.35. The van der Waals surface area contributed by atoms with Crippen molar-refractivity contribution >= 4 is 46.3 Å². The van der Waals surface area contributed by atoms with Crippen molar-refractivity contribution in [1.29, 1.82) is 0 Å². The second-order valence-electron chi connectivity index (χ2n) is 7.94. The van der Waals surface area contributed by atoms with Crippen molar-refractivity contribution in [3.63, 3.8) is 0 Å². The first-order chi connectivity index (χ1) is 17.1. The number of halogens is 1. The average molecular weight is 507 g/mol. The maximum Gasteiger partial charge on any atom is 0.260 e. The molecule has 0 unspecified atom stereocenters. The van der Waals surface area contributed by atoms with Crippen LogP contribution < -0.4 is 9.64 Å². The van der Waals surface area contributed by atoms with Gasteiger partial charge in [-0.2, -0.15) is 0 Å². The number of rotatable bonds is 6. The Labute approximate surface area is 212 Å². The lowest BCUT2D eigenvalue weighted by molar-refractivity contribution is -0.133. The molecule has 178 valence electrons. The third kappa shape index (κ3) is 5.31. The zero-order valence-electron chi connectivity index (χ0n) is 19.1. The average Bonchev–Trinajstić information content (AvgIpc) is 2.92. The Hall–Kier alpha value is -3.43. The number of piperazine rings is 1. The molecule has 0 bridgehead atoms. The van der Waals surface area contributed by atoms with E-state index >= 15 is 0 Å². The number of carbonyl (C=O) groups excluding carboxylic acids is 1. The fraction of sp³-hybridized carbons (Fsp3) is 0.240. The summed E-state index contributed by atoms with van der Waals surface area (Å²) in [7, 11) is 0. The largest absolute Gasteiger partial charge is 0.484 e. The Morgan fingerprint density at radius 2 is 1.74 bits per heavy atom.